The Morgan fingerprint density at radius 1 is 0.0656 bits per heavy atom. The largest absolute Gasteiger partial charge is 0.385 e. The summed E-state index contributed by atoms with van der Waals surface area (Å²) in [4.78, 5) is 149. The van der Waals surface area contributed by atoms with Crippen LogP contribution in [-0.4, -0.2) is 212 Å². The highest BCUT2D eigenvalue weighted by Gasteiger charge is 2.06. The van der Waals surface area contributed by atoms with Crippen LogP contribution in [0.1, 0.15) is 385 Å². The van der Waals surface area contributed by atoms with Crippen LogP contribution in [0.25, 0.3) is 0 Å². The van der Waals surface area contributed by atoms with Gasteiger partial charge in [0.1, 0.15) is 0 Å². The lowest BCUT2D eigenvalue weighted by atomic mass is 10.2. The van der Waals surface area contributed by atoms with Crippen molar-refractivity contribution in [3.05, 3.63) is 0 Å². The van der Waals surface area contributed by atoms with Crippen LogP contribution < -0.4 is 0 Å². The van der Waals surface area contributed by atoms with Gasteiger partial charge in [0.05, 0.1) is 185 Å². The van der Waals surface area contributed by atoms with E-state index in [-0.39, 0.29) is 0 Å². The average molecular weight is 1770 g/mol. The molecule has 0 spiro atoms. The van der Waals surface area contributed by atoms with E-state index in [1.54, 1.807) is 14.2 Å². The lowest BCUT2D eigenvalue weighted by Crippen LogP contribution is -2.02. The Bertz CT molecular complexity index is 1560. The van der Waals surface area contributed by atoms with E-state index in [2.05, 4.69) is 0 Å². The fourth-order valence-electron chi connectivity index (χ4n) is 12.0. The minimum absolute atomic E-state index is 0.610. The van der Waals surface area contributed by atoms with Gasteiger partial charge in [-0.1, -0.05) is 193 Å². The monoisotopic (exact) mass is 1770 g/mol. The van der Waals surface area contributed by atoms with Crippen LogP contribution in [0.2, 0.25) is 0 Å². The van der Waals surface area contributed by atoms with Gasteiger partial charge in [0, 0.05) is 27.4 Å². The molecule has 30 heteroatoms. The molecule has 0 radical (unpaired) electrons. The molecule has 0 bridgehead atoms. The Kier molecular flexibility index (Phi) is 119. The minimum atomic E-state index is 0.610. The fraction of sp³-hybridized carbons (Fsp3) is 1.00. The lowest BCUT2D eigenvalue weighted by molar-refractivity contribution is -0.298. The maximum atomic E-state index is 5.36. The van der Waals surface area contributed by atoms with Gasteiger partial charge in [-0.15, -0.1) is 0 Å². The highest BCUT2D eigenvalue weighted by atomic mass is 17.2. The van der Waals surface area contributed by atoms with Gasteiger partial charge in [-0.2, -0.15) is 0 Å². The minimum Gasteiger partial charge on any atom is -0.385 e. The molecule has 0 aromatic carbocycles. The number of methoxy groups -OCH3 is 2. The molecule has 0 amide bonds. The summed E-state index contributed by atoms with van der Waals surface area (Å²) in [6.45, 7) is 19.0. The predicted molar refractivity (Wildman–Crippen MR) is 467 cm³/mol. The zero-order valence-corrected chi connectivity index (χ0v) is 77.9. The molecule has 0 aromatic rings. The van der Waals surface area contributed by atoms with Gasteiger partial charge in [0.15, 0.2) is 0 Å². The van der Waals surface area contributed by atoms with Crippen LogP contribution in [0, 0.1) is 0 Å². The van der Waals surface area contributed by atoms with Gasteiger partial charge in [-0.3, -0.25) is 0 Å². The van der Waals surface area contributed by atoms with Gasteiger partial charge in [0.25, 0.3) is 0 Å². The van der Waals surface area contributed by atoms with Crippen LogP contribution in [0.15, 0.2) is 0 Å². The first-order valence-electron chi connectivity index (χ1n) is 49.3. The molecule has 0 unspecified atom stereocenters. The molecule has 122 heavy (non-hydrogen) atoms. The first-order valence-corrected chi connectivity index (χ1v) is 49.3. The number of hydrogen-bond donors (Lipinski definition) is 0. The summed E-state index contributed by atoms with van der Waals surface area (Å²) < 4.78 is 10.1. The second-order valence-corrected chi connectivity index (χ2v) is 31.2. The second-order valence-electron chi connectivity index (χ2n) is 31.2. The van der Waals surface area contributed by atoms with Crippen LogP contribution in [-0.2, 0) is 146 Å². The van der Waals surface area contributed by atoms with Crippen molar-refractivity contribution in [3.8, 4) is 0 Å². The van der Waals surface area contributed by atoms with Crippen LogP contribution in [0.5, 0.6) is 0 Å². The summed E-state index contributed by atoms with van der Waals surface area (Å²) in [6.07, 6.45) is 62.2. The van der Waals surface area contributed by atoms with Gasteiger partial charge < -0.3 is 9.47 Å². The predicted octanol–water partition coefficient (Wildman–Crippen LogP) is 23.0. The van der Waals surface area contributed by atoms with Gasteiger partial charge in [0.2, 0.25) is 0 Å². The molecule has 30 nitrogen and oxygen atoms in total. The SMILES string of the molecule is COCCCCCCOOCCCCCCOOCCCCCCOOCCCCCCOOCCCCCCOOCCCCCCOOCCCCCCOOCCCCCCOOCCCCCCOOCCCCCCOOCCCCCCOOCCCCCCOOCCCCCCOOCCCCCCOOCCCCCCOC. The third-order valence-corrected chi connectivity index (χ3v) is 19.5. The zero-order chi connectivity index (χ0) is 86.9. The Balaban J connectivity index is 3.10. The van der Waals surface area contributed by atoms with E-state index in [9.17, 15) is 0 Å². The molecular weight excluding hydrogens is 1580 g/mol. The topological polar surface area (TPSA) is 277 Å². The van der Waals surface area contributed by atoms with E-state index >= 15 is 0 Å². The summed E-state index contributed by atoms with van der Waals surface area (Å²) in [5.41, 5.74) is 0. The molecule has 0 N–H and O–H groups in total. The van der Waals surface area contributed by atoms with E-state index in [0.29, 0.717) is 185 Å². The van der Waals surface area contributed by atoms with Crippen molar-refractivity contribution in [2.45, 2.75) is 385 Å². The van der Waals surface area contributed by atoms with Gasteiger partial charge in [-0.05, 0) is 193 Å². The van der Waals surface area contributed by atoms with Crippen molar-refractivity contribution in [1.29, 1.82) is 0 Å². The zero-order valence-electron chi connectivity index (χ0n) is 77.9. The Morgan fingerprint density at radius 3 is 0.164 bits per heavy atom. The molecule has 0 fully saturated rings. The molecule has 0 aromatic heterocycles. The average Bonchev–Trinajstić information content (AvgIpc) is 1.30. The summed E-state index contributed by atoms with van der Waals surface area (Å²) >= 11 is 0. The lowest BCUT2D eigenvalue weighted by Gasteiger charge is -2.07. The second kappa shape index (κ2) is 120. The molecular formula is C92H186O30. The van der Waals surface area contributed by atoms with Crippen molar-refractivity contribution in [2.24, 2.45) is 0 Å². The summed E-state index contributed by atoms with van der Waals surface area (Å²) in [6, 6.07) is 0. The number of rotatable bonds is 119. The maximum Gasteiger partial charge on any atom is 0.0822 e. The summed E-state index contributed by atoms with van der Waals surface area (Å²) in [5.74, 6) is 0. The molecule has 0 saturated carbocycles. The van der Waals surface area contributed by atoms with Gasteiger partial charge >= 0.3 is 0 Å². The first-order chi connectivity index (χ1) is 60.9. The molecule has 0 atom stereocenters. The standard InChI is InChI=1S/C92H186O30/c1-93-63-33-3-5-35-65-95-97-67-37-7-9-39-69-99-101-71-41-11-13-43-73-103-105-75-45-15-17-47-77-107-109-79-49-19-21-51-81-111-113-83-53-23-25-55-85-115-117-87-57-27-29-59-89-119-121-91-61-31-32-62-92-122-120-90-60-30-28-58-88-118-116-86-56-26-24-54-84-114-112-82-52-22-20-50-80-110-108-78-48-18-16-46-76-106-104-74-44-14-12-42-72-102-100-70-40-10-8-38-68-98-96-66-36-6-4-34-64-94-2/h3-92H2,1-2H3. The molecule has 0 heterocycles. The smallest absolute Gasteiger partial charge is 0.0822 e. The third-order valence-electron chi connectivity index (χ3n) is 19.5. The van der Waals surface area contributed by atoms with Gasteiger partial charge in [-0.25, -0.2) is 137 Å². The number of hydrogen-bond acceptors (Lipinski definition) is 30. The van der Waals surface area contributed by atoms with Crippen molar-refractivity contribution in [2.75, 3.05) is 212 Å². The summed E-state index contributed by atoms with van der Waals surface area (Å²) in [7, 11) is 3.48. The quantitative estimate of drug-likeness (QED) is 0.0311. The van der Waals surface area contributed by atoms with Crippen molar-refractivity contribution >= 4 is 0 Å². The number of ether oxygens (including phenoxy) is 2. The van der Waals surface area contributed by atoms with E-state index in [0.717, 1.165) is 386 Å². The molecule has 0 aliphatic carbocycles. The van der Waals surface area contributed by atoms with Crippen LogP contribution in [0.3, 0.4) is 0 Å². The molecule has 0 aliphatic rings. The molecule has 734 valence electrons. The Labute approximate surface area is 740 Å². The van der Waals surface area contributed by atoms with Crippen LogP contribution in [0.4, 0.5) is 0 Å². The van der Waals surface area contributed by atoms with E-state index in [1.807, 2.05) is 0 Å². The highest BCUT2D eigenvalue weighted by molar-refractivity contribution is 4.52. The van der Waals surface area contributed by atoms with Crippen molar-refractivity contribution < 1.29 is 146 Å². The van der Waals surface area contributed by atoms with Crippen LogP contribution >= 0.6 is 0 Å². The van der Waals surface area contributed by atoms with Crippen molar-refractivity contribution in [3.63, 3.8) is 0 Å². The summed E-state index contributed by atoms with van der Waals surface area (Å²) in [5, 5.41) is 0. The maximum absolute atomic E-state index is 5.36. The van der Waals surface area contributed by atoms with E-state index < -0.39 is 0 Å². The van der Waals surface area contributed by atoms with E-state index in [4.69, 9.17) is 146 Å². The molecule has 0 saturated heterocycles. The number of unbranched alkanes of at least 4 members (excludes halogenated alkanes) is 45. The first kappa shape index (κ1) is 121. The van der Waals surface area contributed by atoms with Crippen molar-refractivity contribution in [1.82, 2.24) is 0 Å². The highest BCUT2D eigenvalue weighted by Crippen LogP contribution is 2.14. The molecule has 0 rings (SSSR count). The molecule has 0 aliphatic heterocycles. The normalized spacial score (nSPS) is 11.9. The fourth-order valence-corrected chi connectivity index (χ4v) is 12.0. The Morgan fingerprint density at radius 2 is 0.115 bits per heavy atom. The Hall–Kier alpha value is -1.20. The van der Waals surface area contributed by atoms with E-state index in [1.165, 1.54) is 12.8 Å². The third kappa shape index (κ3) is 119.